The van der Waals surface area contributed by atoms with E-state index in [1.165, 1.54) is 14.2 Å². The van der Waals surface area contributed by atoms with Crippen molar-refractivity contribution in [1.82, 2.24) is 0 Å². The van der Waals surface area contributed by atoms with E-state index in [-0.39, 0.29) is 6.54 Å². The Labute approximate surface area is 129 Å². The van der Waals surface area contributed by atoms with Crippen molar-refractivity contribution in [2.24, 2.45) is 0 Å². The van der Waals surface area contributed by atoms with Gasteiger partial charge in [0.1, 0.15) is 6.54 Å². The molecule has 116 valence electrons. The van der Waals surface area contributed by atoms with Gasteiger partial charge in [-0.2, -0.15) is 0 Å². The van der Waals surface area contributed by atoms with E-state index in [2.05, 4.69) is 14.8 Å². The molecule has 5 heteroatoms. The number of anilines is 1. The van der Waals surface area contributed by atoms with Gasteiger partial charge in [-0.05, 0) is 12.1 Å². The van der Waals surface area contributed by atoms with Gasteiger partial charge in [0.05, 0.1) is 19.8 Å². The highest BCUT2D eigenvalue weighted by atomic mass is 16.5. The lowest BCUT2D eigenvalue weighted by Gasteiger charge is -2.09. The molecule has 0 fully saturated rings. The zero-order chi connectivity index (χ0) is 16.2. The molecule has 0 amide bonds. The lowest BCUT2D eigenvalue weighted by Crippen LogP contribution is -2.17. The quantitative estimate of drug-likeness (QED) is 0.880. The maximum absolute atomic E-state index is 11.4. The molecule has 0 aliphatic carbocycles. The van der Waals surface area contributed by atoms with E-state index < -0.39 is 11.9 Å². The molecule has 0 heterocycles. The van der Waals surface area contributed by atoms with Crippen LogP contribution in [0.5, 0.6) is 0 Å². The molecule has 1 N–H and O–H groups in total. The lowest BCUT2D eigenvalue weighted by atomic mass is 10.2. The summed E-state index contributed by atoms with van der Waals surface area (Å²) in [6.45, 7) is 0.00447. The third-order valence-electron chi connectivity index (χ3n) is 2.65. The Morgan fingerprint density at radius 1 is 0.864 bits per heavy atom. The molecule has 0 aliphatic heterocycles. The first-order chi connectivity index (χ1) is 10.7. The summed E-state index contributed by atoms with van der Waals surface area (Å²) in [5.41, 5.74) is 0.925. The maximum Gasteiger partial charge on any atom is 0.339 e. The van der Waals surface area contributed by atoms with Crippen molar-refractivity contribution in [3.05, 3.63) is 66.2 Å². The zero-order valence-corrected chi connectivity index (χ0v) is 12.6. The van der Waals surface area contributed by atoms with E-state index in [0.717, 1.165) is 0 Å². The molecule has 0 atom stereocenters. The van der Waals surface area contributed by atoms with Gasteiger partial charge in [0.25, 0.3) is 0 Å². The molecule has 2 aromatic carbocycles. The SMILES string of the molecule is COC(=O)CNc1ccccc1C(=O)OC.c1ccccc1. The summed E-state index contributed by atoms with van der Waals surface area (Å²) in [5.74, 6) is -0.854. The van der Waals surface area contributed by atoms with Crippen LogP contribution in [-0.4, -0.2) is 32.7 Å². The van der Waals surface area contributed by atoms with Crippen LogP contribution in [0.1, 0.15) is 10.4 Å². The number of carbonyl (C=O) groups excluding carboxylic acids is 2. The summed E-state index contributed by atoms with van der Waals surface area (Å²) in [5, 5.41) is 2.80. The van der Waals surface area contributed by atoms with E-state index in [4.69, 9.17) is 0 Å². The van der Waals surface area contributed by atoms with Gasteiger partial charge in [0, 0.05) is 5.69 Å². The lowest BCUT2D eigenvalue weighted by molar-refractivity contribution is -0.138. The first-order valence-corrected chi connectivity index (χ1v) is 6.67. The topological polar surface area (TPSA) is 64.6 Å². The van der Waals surface area contributed by atoms with Crippen LogP contribution in [0.2, 0.25) is 0 Å². The minimum absolute atomic E-state index is 0.00447. The highest BCUT2D eigenvalue weighted by Crippen LogP contribution is 2.15. The smallest absolute Gasteiger partial charge is 0.339 e. The van der Waals surface area contributed by atoms with E-state index in [1.54, 1.807) is 24.3 Å². The molecule has 5 nitrogen and oxygen atoms in total. The summed E-state index contributed by atoms with van der Waals surface area (Å²) < 4.78 is 9.10. The van der Waals surface area contributed by atoms with Crippen molar-refractivity contribution in [2.75, 3.05) is 26.1 Å². The molecule has 0 saturated heterocycles. The van der Waals surface area contributed by atoms with Crippen molar-refractivity contribution in [2.45, 2.75) is 0 Å². The van der Waals surface area contributed by atoms with E-state index >= 15 is 0 Å². The first kappa shape index (κ1) is 17.2. The van der Waals surface area contributed by atoms with E-state index in [1.807, 2.05) is 36.4 Å². The Morgan fingerprint density at radius 2 is 1.41 bits per heavy atom. The Kier molecular flexibility index (Phi) is 7.82. The molecule has 0 radical (unpaired) electrons. The molecule has 0 unspecified atom stereocenters. The van der Waals surface area contributed by atoms with Crippen LogP contribution in [0, 0.1) is 0 Å². The number of hydrogen-bond donors (Lipinski definition) is 1. The number of carbonyl (C=O) groups is 2. The molecular weight excluding hydrogens is 282 g/mol. The summed E-state index contributed by atoms with van der Waals surface area (Å²) in [6.07, 6.45) is 0. The van der Waals surface area contributed by atoms with Gasteiger partial charge in [-0.3, -0.25) is 4.79 Å². The van der Waals surface area contributed by atoms with Crippen LogP contribution in [0.3, 0.4) is 0 Å². The Balaban J connectivity index is 0.000000335. The highest BCUT2D eigenvalue weighted by molar-refractivity contribution is 5.96. The van der Waals surface area contributed by atoms with Gasteiger partial charge in [0.15, 0.2) is 0 Å². The predicted octanol–water partition coefficient (Wildman–Crippen LogP) is 2.74. The van der Waals surface area contributed by atoms with Crippen molar-refractivity contribution in [1.29, 1.82) is 0 Å². The highest BCUT2D eigenvalue weighted by Gasteiger charge is 2.11. The molecule has 22 heavy (non-hydrogen) atoms. The van der Waals surface area contributed by atoms with Crippen LogP contribution in [0.25, 0.3) is 0 Å². The predicted molar refractivity (Wildman–Crippen MR) is 84.7 cm³/mol. The second-order valence-corrected chi connectivity index (χ2v) is 4.12. The number of rotatable bonds is 4. The summed E-state index contributed by atoms with van der Waals surface area (Å²) >= 11 is 0. The van der Waals surface area contributed by atoms with Gasteiger partial charge in [-0.1, -0.05) is 48.5 Å². The fraction of sp³-hybridized carbons (Fsp3) is 0.176. The number of methoxy groups -OCH3 is 2. The minimum Gasteiger partial charge on any atom is -0.468 e. The van der Waals surface area contributed by atoms with Crippen LogP contribution in [0.15, 0.2) is 60.7 Å². The van der Waals surface area contributed by atoms with Crippen molar-refractivity contribution in [3.63, 3.8) is 0 Å². The Morgan fingerprint density at radius 3 is 1.91 bits per heavy atom. The number of para-hydroxylation sites is 1. The van der Waals surface area contributed by atoms with Crippen LogP contribution < -0.4 is 5.32 Å². The molecule has 0 aliphatic rings. The normalized spacial score (nSPS) is 9.00. The summed E-state index contributed by atoms with van der Waals surface area (Å²) in [7, 11) is 2.61. The van der Waals surface area contributed by atoms with Gasteiger partial charge in [-0.25, -0.2) is 4.79 Å². The van der Waals surface area contributed by atoms with Gasteiger partial charge >= 0.3 is 11.9 Å². The molecule has 0 aromatic heterocycles. The van der Waals surface area contributed by atoms with Gasteiger partial charge in [-0.15, -0.1) is 0 Å². The average molecular weight is 301 g/mol. The largest absolute Gasteiger partial charge is 0.468 e. The first-order valence-electron chi connectivity index (χ1n) is 6.67. The van der Waals surface area contributed by atoms with Crippen LogP contribution in [-0.2, 0) is 14.3 Å². The molecule has 0 bridgehead atoms. The number of esters is 2. The van der Waals surface area contributed by atoms with Crippen molar-refractivity contribution >= 4 is 17.6 Å². The Hall–Kier alpha value is -2.82. The summed E-state index contributed by atoms with van der Waals surface area (Å²) in [4.78, 5) is 22.3. The summed E-state index contributed by atoms with van der Waals surface area (Å²) in [6, 6.07) is 18.8. The zero-order valence-electron chi connectivity index (χ0n) is 12.6. The van der Waals surface area contributed by atoms with Crippen molar-refractivity contribution < 1.29 is 19.1 Å². The average Bonchev–Trinajstić information content (AvgIpc) is 2.61. The number of benzene rings is 2. The molecule has 0 saturated carbocycles. The fourth-order valence-electron chi connectivity index (χ4n) is 1.55. The number of ether oxygens (including phenoxy) is 2. The fourth-order valence-corrected chi connectivity index (χ4v) is 1.55. The standard InChI is InChI=1S/C11H13NO4.C6H6/c1-15-10(13)7-12-9-6-4-3-5-8(9)11(14)16-2;1-2-4-6-5-3-1/h3-6,12H,7H2,1-2H3;1-6H. The van der Waals surface area contributed by atoms with Gasteiger partial charge < -0.3 is 14.8 Å². The number of nitrogens with one attached hydrogen (secondary N) is 1. The van der Waals surface area contributed by atoms with E-state index in [9.17, 15) is 9.59 Å². The third kappa shape index (κ3) is 6.09. The van der Waals surface area contributed by atoms with Crippen LogP contribution >= 0.6 is 0 Å². The second kappa shape index (κ2) is 9.99. The minimum atomic E-state index is -0.451. The molecule has 0 spiro atoms. The molecule has 2 rings (SSSR count). The monoisotopic (exact) mass is 301 g/mol. The van der Waals surface area contributed by atoms with Crippen LogP contribution in [0.4, 0.5) is 5.69 Å². The van der Waals surface area contributed by atoms with Gasteiger partial charge in [0.2, 0.25) is 0 Å². The maximum atomic E-state index is 11.4. The second-order valence-electron chi connectivity index (χ2n) is 4.12. The number of hydrogen-bond acceptors (Lipinski definition) is 5. The Bertz CT molecular complexity index is 558. The van der Waals surface area contributed by atoms with Crippen molar-refractivity contribution in [3.8, 4) is 0 Å². The molecular formula is C17H19NO4. The molecule has 2 aromatic rings. The van der Waals surface area contributed by atoms with E-state index in [0.29, 0.717) is 11.3 Å². The third-order valence-corrected chi connectivity index (χ3v) is 2.65.